The van der Waals surface area contributed by atoms with E-state index >= 15 is 0 Å². The van der Waals surface area contributed by atoms with E-state index in [1.165, 1.54) is 18.3 Å². The molecule has 0 saturated carbocycles. The third-order valence-electron chi connectivity index (χ3n) is 3.49. The number of carbonyl (C=O) groups excluding carboxylic acids is 2. The van der Waals surface area contributed by atoms with Gasteiger partial charge in [0.25, 0.3) is 5.91 Å². The number of hydrogen-bond acceptors (Lipinski definition) is 4. The van der Waals surface area contributed by atoms with Crippen molar-refractivity contribution in [2.75, 3.05) is 10.6 Å². The number of amides is 2. The van der Waals surface area contributed by atoms with Gasteiger partial charge in [-0.05, 0) is 36.8 Å². The van der Waals surface area contributed by atoms with Gasteiger partial charge in [-0.2, -0.15) is 0 Å². The van der Waals surface area contributed by atoms with Gasteiger partial charge in [0, 0.05) is 35.6 Å². The van der Waals surface area contributed by atoms with Crippen molar-refractivity contribution < 1.29 is 9.59 Å². The molecule has 2 amide bonds. The Morgan fingerprint density at radius 3 is 2.44 bits per heavy atom. The lowest BCUT2D eigenvalue weighted by atomic mass is 10.2. The summed E-state index contributed by atoms with van der Waals surface area (Å²) in [6, 6.07) is 10.9. The van der Waals surface area contributed by atoms with Crippen molar-refractivity contribution in [1.29, 1.82) is 0 Å². The lowest BCUT2D eigenvalue weighted by Crippen LogP contribution is -2.14. The van der Waals surface area contributed by atoms with E-state index in [4.69, 9.17) is 0 Å². The predicted molar refractivity (Wildman–Crippen MR) is 99.5 cm³/mol. The van der Waals surface area contributed by atoms with Crippen LogP contribution in [0.1, 0.15) is 29.2 Å². The Morgan fingerprint density at radius 1 is 1.12 bits per heavy atom. The molecule has 3 aromatic rings. The summed E-state index contributed by atoms with van der Waals surface area (Å²) < 4.78 is 1.89. The van der Waals surface area contributed by atoms with E-state index < -0.39 is 0 Å². The Morgan fingerprint density at radius 2 is 1.80 bits per heavy atom. The highest BCUT2D eigenvalue weighted by Crippen LogP contribution is 2.24. The van der Waals surface area contributed by atoms with E-state index in [2.05, 4.69) is 15.6 Å². The summed E-state index contributed by atoms with van der Waals surface area (Å²) in [5, 5.41) is 6.31. The second kappa shape index (κ2) is 7.31. The average molecular weight is 354 g/mol. The van der Waals surface area contributed by atoms with E-state index in [9.17, 15) is 9.59 Å². The van der Waals surface area contributed by atoms with Crippen molar-refractivity contribution in [2.45, 2.75) is 20.3 Å². The fraction of sp³-hybridized carbons (Fsp3) is 0.167. The molecule has 0 saturated heterocycles. The molecule has 3 rings (SSSR count). The zero-order chi connectivity index (χ0) is 17.8. The van der Waals surface area contributed by atoms with Crippen molar-refractivity contribution in [2.24, 2.45) is 0 Å². The third-order valence-corrected chi connectivity index (χ3v) is 4.70. The summed E-state index contributed by atoms with van der Waals surface area (Å²) in [7, 11) is 0. The number of carbonyl (C=O) groups is 2. The number of anilines is 2. The van der Waals surface area contributed by atoms with Gasteiger partial charge in [0.15, 0.2) is 5.13 Å². The Bertz CT molecular complexity index is 900. The van der Waals surface area contributed by atoms with Gasteiger partial charge in [0.05, 0.1) is 0 Å². The summed E-state index contributed by atoms with van der Waals surface area (Å²) in [4.78, 5) is 29.2. The Labute approximate surface area is 149 Å². The van der Waals surface area contributed by atoms with Crippen molar-refractivity contribution >= 4 is 34.5 Å². The smallest absolute Gasteiger partial charge is 0.275 e. The molecule has 0 aliphatic heterocycles. The van der Waals surface area contributed by atoms with Gasteiger partial charge >= 0.3 is 0 Å². The topological polar surface area (TPSA) is 76.0 Å². The minimum Gasteiger partial charge on any atom is -0.326 e. The quantitative estimate of drug-likeness (QED) is 0.733. The van der Waals surface area contributed by atoms with Crippen LogP contribution in [0.5, 0.6) is 0 Å². The Kier molecular flexibility index (Phi) is 4.95. The first kappa shape index (κ1) is 16.9. The van der Waals surface area contributed by atoms with Crippen molar-refractivity contribution in [1.82, 2.24) is 9.55 Å². The summed E-state index contributed by atoms with van der Waals surface area (Å²) >= 11 is 1.50. The van der Waals surface area contributed by atoms with E-state index in [-0.39, 0.29) is 11.8 Å². The first-order valence-electron chi connectivity index (χ1n) is 7.89. The highest BCUT2D eigenvalue weighted by Gasteiger charge is 2.18. The van der Waals surface area contributed by atoms with Crippen LogP contribution in [0.15, 0.2) is 48.8 Å². The molecule has 2 aromatic heterocycles. The van der Waals surface area contributed by atoms with Crippen LogP contribution >= 0.6 is 11.3 Å². The van der Waals surface area contributed by atoms with Gasteiger partial charge < -0.3 is 15.2 Å². The molecule has 25 heavy (non-hydrogen) atoms. The fourth-order valence-corrected chi connectivity index (χ4v) is 3.36. The molecule has 0 spiro atoms. The van der Waals surface area contributed by atoms with Gasteiger partial charge in [0.1, 0.15) is 5.69 Å². The van der Waals surface area contributed by atoms with Crippen LogP contribution in [0.3, 0.4) is 0 Å². The molecule has 0 aliphatic rings. The zero-order valence-electron chi connectivity index (χ0n) is 13.9. The monoisotopic (exact) mass is 354 g/mol. The average Bonchev–Trinajstić information content (AvgIpc) is 3.23. The number of benzene rings is 1. The van der Waals surface area contributed by atoms with Crippen LogP contribution in [0, 0.1) is 0 Å². The molecule has 0 fully saturated rings. The molecule has 7 heteroatoms. The van der Waals surface area contributed by atoms with Crippen molar-refractivity contribution in [3.8, 4) is 5.13 Å². The SMILES string of the molecule is CCc1sc(-n2cccc2)nc1C(=O)Nc1cccc(NC(C)=O)c1. The third kappa shape index (κ3) is 3.95. The maximum atomic E-state index is 12.6. The molecule has 0 radical (unpaired) electrons. The highest BCUT2D eigenvalue weighted by molar-refractivity contribution is 7.14. The number of rotatable bonds is 5. The van der Waals surface area contributed by atoms with E-state index in [1.807, 2.05) is 36.0 Å². The fourth-order valence-electron chi connectivity index (χ4n) is 2.40. The summed E-state index contributed by atoms with van der Waals surface area (Å²) in [6.45, 7) is 3.44. The van der Waals surface area contributed by atoms with Crippen molar-refractivity contribution in [3.63, 3.8) is 0 Å². The zero-order valence-corrected chi connectivity index (χ0v) is 14.8. The normalized spacial score (nSPS) is 10.5. The number of hydrogen-bond donors (Lipinski definition) is 2. The van der Waals surface area contributed by atoms with Gasteiger partial charge in [-0.25, -0.2) is 4.98 Å². The maximum absolute atomic E-state index is 12.6. The molecule has 6 nitrogen and oxygen atoms in total. The minimum absolute atomic E-state index is 0.160. The highest BCUT2D eigenvalue weighted by atomic mass is 32.1. The number of aromatic nitrogens is 2. The van der Waals surface area contributed by atoms with E-state index in [0.717, 1.165) is 16.4 Å². The molecule has 2 heterocycles. The predicted octanol–water partition coefficient (Wildman–Crippen LogP) is 3.71. The van der Waals surface area contributed by atoms with Gasteiger partial charge in [-0.15, -0.1) is 11.3 Å². The molecular formula is C18H18N4O2S. The number of thiazole rings is 1. The second-order valence-electron chi connectivity index (χ2n) is 5.43. The summed E-state index contributed by atoms with van der Waals surface area (Å²) in [6.07, 6.45) is 4.53. The van der Waals surface area contributed by atoms with Crippen molar-refractivity contribution in [3.05, 3.63) is 59.4 Å². The number of aryl methyl sites for hydroxylation is 1. The molecule has 2 N–H and O–H groups in total. The van der Waals surface area contributed by atoms with Gasteiger partial charge in [0.2, 0.25) is 5.91 Å². The van der Waals surface area contributed by atoms with Gasteiger partial charge in [-0.1, -0.05) is 13.0 Å². The minimum atomic E-state index is -0.258. The summed E-state index contributed by atoms with van der Waals surface area (Å²) in [5.41, 5.74) is 1.67. The molecule has 1 aromatic carbocycles. The molecule has 0 aliphatic carbocycles. The summed E-state index contributed by atoms with van der Waals surface area (Å²) in [5.74, 6) is -0.418. The Balaban J connectivity index is 1.83. The maximum Gasteiger partial charge on any atom is 0.275 e. The molecule has 0 bridgehead atoms. The largest absolute Gasteiger partial charge is 0.326 e. The van der Waals surface area contributed by atoms with E-state index in [0.29, 0.717) is 17.1 Å². The first-order chi connectivity index (χ1) is 12.1. The van der Waals surface area contributed by atoms with Gasteiger partial charge in [-0.3, -0.25) is 9.59 Å². The van der Waals surface area contributed by atoms with Crippen LogP contribution in [-0.4, -0.2) is 21.4 Å². The van der Waals surface area contributed by atoms with Crippen LogP contribution in [0.25, 0.3) is 5.13 Å². The first-order valence-corrected chi connectivity index (χ1v) is 8.70. The molecule has 0 unspecified atom stereocenters. The Hall–Kier alpha value is -2.93. The lowest BCUT2D eigenvalue weighted by Gasteiger charge is -2.07. The lowest BCUT2D eigenvalue weighted by molar-refractivity contribution is -0.114. The molecule has 128 valence electrons. The number of nitrogens with one attached hydrogen (secondary N) is 2. The molecule has 0 atom stereocenters. The van der Waals surface area contributed by atoms with Crippen LogP contribution < -0.4 is 10.6 Å². The van der Waals surface area contributed by atoms with E-state index in [1.54, 1.807) is 24.3 Å². The van der Waals surface area contributed by atoms with Crippen LogP contribution in [-0.2, 0) is 11.2 Å². The molecular weight excluding hydrogens is 336 g/mol. The van der Waals surface area contributed by atoms with Crippen LogP contribution in [0.2, 0.25) is 0 Å². The number of nitrogens with zero attached hydrogens (tertiary/aromatic N) is 2. The standard InChI is InChI=1S/C18H18N4O2S/c1-3-15-16(21-18(25-15)22-9-4-5-10-22)17(24)20-14-8-6-7-13(11-14)19-12(2)23/h4-11H,3H2,1-2H3,(H,19,23)(H,20,24). The second-order valence-corrected chi connectivity index (χ2v) is 6.49. The van der Waals surface area contributed by atoms with Crippen LogP contribution in [0.4, 0.5) is 11.4 Å².